The number of benzene rings is 1. The highest BCUT2D eigenvalue weighted by Gasteiger charge is 2.43. The number of nitrogens with zero attached hydrogens (tertiary/aromatic N) is 5. The van der Waals surface area contributed by atoms with Gasteiger partial charge in [-0.15, -0.1) is 5.10 Å². The molecule has 3 fully saturated rings. The van der Waals surface area contributed by atoms with E-state index < -0.39 is 0 Å². The molecule has 1 unspecified atom stereocenters. The zero-order valence-corrected chi connectivity index (χ0v) is 16.5. The number of phenols is 1. The number of aromatic hydroxyl groups is 1. The van der Waals surface area contributed by atoms with E-state index >= 15 is 0 Å². The van der Waals surface area contributed by atoms with Crippen LogP contribution in [0.1, 0.15) is 18.5 Å². The Hall–Kier alpha value is -2.45. The largest absolute Gasteiger partial charge is 0.508 e. The van der Waals surface area contributed by atoms with Gasteiger partial charge in [0.2, 0.25) is 5.91 Å². The molecule has 0 spiro atoms. The lowest BCUT2D eigenvalue weighted by atomic mass is 9.75. The lowest BCUT2D eigenvalue weighted by Crippen LogP contribution is -2.57. The van der Waals surface area contributed by atoms with Crippen LogP contribution >= 0.6 is 0 Å². The number of carbonyl (C=O) groups is 1. The van der Waals surface area contributed by atoms with Crippen molar-refractivity contribution in [1.82, 2.24) is 24.8 Å². The SMILES string of the molecule is CN(C)Cc1cn(C[C@H]2C[C@@H]3CCN2C[C@@H]3C(=O)Nc2cccc(O)c2)nn1. The summed E-state index contributed by atoms with van der Waals surface area (Å²) in [6.07, 6.45) is 4.08. The summed E-state index contributed by atoms with van der Waals surface area (Å²) < 4.78 is 1.94. The van der Waals surface area contributed by atoms with E-state index in [-0.39, 0.29) is 17.6 Å². The van der Waals surface area contributed by atoms with Gasteiger partial charge >= 0.3 is 0 Å². The molecule has 8 nitrogen and oxygen atoms in total. The van der Waals surface area contributed by atoms with E-state index in [1.807, 2.05) is 25.0 Å². The Morgan fingerprint density at radius 3 is 2.96 bits per heavy atom. The van der Waals surface area contributed by atoms with Crippen LogP contribution in [-0.4, -0.2) is 69.0 Å². The molecular formula is C20H28N6O2. The van der Waals surface area contributed by atoms with Crippen molar-refractivity contribution in [2.24, 2.45) is 11.8 Å². The molecule has 5 rings (SSSR count). The Morgan fingerprint density at radius 2 is 2.25 bits per heavy atom. The van der Waals surface area contributed by atoms with Crippen LogP contribution in [0, 0.1) is 11.8 Å². The van der Waals surface area contributed by atoms with E-state index in [9.17, 15) is 9.90 Å². The molecule has 4 heterocycles. The minimum absolute atomic E-state index is 0.00704. The summed E-state index contributed by atoms with van der Waals surface area (Å²) in [5.41, 5.74) is 1.62. The van der Waals surface area contributed by atoms with Gasteiger partial charge in [-0.1, -0.05) is 11.3 Å². The molecule has 28 heavy (non-hydrogen) atoms. The fourth-order valence-electron chi connectivity index (χ4n) is 4.48. The normalized spacial score (nSPS) is 26.5. The molecule has 2 bridgehead atoms. The second-order valence-corrected chi connectivity index (χ2v) is 8.25. The van der Waals surface area contributed by atoms with Crippen LogP contribution in [0.25, 0.3) is 0 Å². The number of hydrogen-bond acceptors (Lipinski definition) is 6. The van der Waals surface area contributed by atoms with Gasteiger partial charge in [-0.3, -0.25) is 14.4 Å². The fraction of sp³-hybridized carbons (Fsp3) is 0.550. The zero-order chi connectivity index (χ0) is 19.7. The Bertz CT molecular complexity index is 836. The van der Waals surface area contributed by atoms with Crippen LogP contribution in [0.3, 0.4) is 0 Å². The van der Waals surface area contributed by atoms with E-state index in [1.54, 1.807) is 24.3 Å². The molecule has 0 radical (unpaired) electrons. The van der Waals surface area contributed by atoms with E-state index in [4.69, 9.17) is 0 Å². The van der Waals surface area contributed by atoms with Gasteiger partial charge < -0.3 is 15.3 Å². The number of anilines is 1. The first-order chi connectivity index (χ1) is 13.5. The molecular weight excluding hydrogens is 356 g/mol. The predicted octanol–water partition coefficient (Wildman–Crippen LogP) is 1.39. The highest BCUT2D eigenvalue weighted by atomic mass is 16.3. The third kappa shape index (κ3) is 4.18. The minimum atomic E-state index is -0.00704. The number of fused-ring (bicyclic) bond motifs is 3. The van der Waals surface area contributed by atoms with E-state index in [0.29, 0.717) is 17.6 Å². The number of amides is 1. The number of piperidine rings is 3. The van der Waals surface area contributed by atoms with Crippen molar-refractivity contribution in [3.8, 4) is 5.75 Å². The molecule has 8 heteroatoms. The van der Waals surface area contributed by atoms with Gasteiger partial charge in [0, 0.05) is 37.1 Å². The molecule has 1 aromatic heterocycles. The van der Waals surface area contributed by atoms with Crippen LogP contribution in [-0.2, 0) is 17.9 Å². The van der Waals surface area contributed by atoms with Crippen LogP contribution < -0.4 is 5.32 Å². The number of phenolic OH excluding ortho intramolecular Hbond substituents is 1. The Morgan fingerprint density at radius 1 is 1.39 bits per heavy atom. The van der Waals surface area contributed by atoms with Crippen molar-refractivity contribution in [3.63, 3.8) is 0 Å². The molecule has 0 saturated carbocycles. The van der Waals surface area contributed by atoms with Crippen LogP contribution in [0.2, 0.25) is 0 Å². The van der Waals surface area contributed by atoms with Crippen molar-refractivity contribution in [1.29, 1.82) is 0 Å². The molecule has 1 aromatic carbocycles. The third-order valence-corrected chi connectivity index (χ3v) is 5.79. The van der Waals surface area contributed by atoms with Crippen LogP contribution in [0.15, 0.2) is 30.5 Å². The first-order valence-corrected chi connectivity index (χ1v) is 9.85. The number of hydrogen-bond donors (Lipinski definition) is 2. The molecule has 4 atom stereocenters. The van der Waals surface area contributed by atoms with Crippen LogP contribution in [0.5, 0.6) is 5.75 Å². The lowest BCUT2D eigenvalue weighted by molar-refractivity contribution is -0.127. The summed E-state index contributed by atoms with van der Waals surface area (Å²) in [6, 6.07) is 7.12. The maximum atomic E-state index is 12.8. The first kappa shape index (κ1) is 18.9. The molecule has 3 saturated heterocycles. The van der Waals surface area contributed by atoms with Gasteiger partial charge in [-0.2, -0.15) is 0 Å². The molecule has 3 aliphatic heterocycles. The quantitative estimate of drug-likeness (QED) is 0.783. The van der Waals surface area contributed by atoms with Gasteiger partial charge in [0.05, 0.1) is 18.2 Å². The van der Waals surface area contributed by atoms with E-state index in [2.05, 4.69) is 25.4 Å². The number of carbonyl (C=O) groups excluding carboxylic acids is 1. The van der Waals surface area contributed by atoms with Gasteiger partial charge in [0.1, 0.15) is 5.75 Å². The average molecular weight is 384 g/mol. The predicted molar refractivity (Wildman–Crippen MR) is 106 cm³/mol. The van der Waals surface area contributed by atoms with Crippen molar-refractivity contribution in [2.45, 2.75) is 32.0 Å². The van der Waals surface area contributed by atoms with Gasteiger partial charge in [-0.25, -0.2) is 0 Å². The average Bonchev–Trinajstić information content (AvgIpc) is 3.08. The smallest absolute Gasteiger partial charge is 0.229 e. The summed E-state index contributed by atoms with van der Waals surface area (Å²) in [6.45, 7) is 3.41. The number of rotatable bonds is 6. The Labute approximate surface area is 165 Å². The topological polar surface area (TPSA) is 86.5 Å². The van der Waals surface area contributed by atoms with Gasteiger partial charge in [0.15, 0.2) is 0 Å². The van der Waals surface area contributed by atoms with Gasteiger partial charge in [0.25, 0.3) is 0 Å². The maximum Gasteiger partial charge on any atom is 0.229 e. The van der Waals surface area contributed by atoms with Gasteiger partial charge in [-0.05, 0) is 51.5 Å². The second kappa shape index (κ2) is 7.89. The standard InChI is InChI=1S/C20H28N6O2/c1-24(2)10-16-11-26(23-22-16)12-17-8-14-6-7-25(17)13-19(14)20(28)21-15-4-3-5-18(27)9-15/h3-5,9,11,14,17,19,27H,6-8,10,12-13H2,1-2H3,(H,21,28)/t14-,17+,19-/m0/s1. The highest BCUT2D eigenvalue weighted by molar-refractivity contribution is 5.93. The lowest BCUT2D eigenvalue weighted by Gasteiger charge is -2.49. The molecule has 3 aliphatic rings. The molecule has 1 amide bonds. The van der Waals surface area contributed by atoms with Crippen molar-refractivity contribution >= 4 is 11.6 Å². The van der Waals surface area contributed by atoms with E-state index in [0.717, 1.165) is 44.7 Å². The monoisotopic (exact) mass is 384 g/mol. The maximum absolute atomic E-state index is 12.8. The molecule has 150 valence electrons. The van der Waals surface area contributed by atoms with Crippen molar-refractivity contribution < 1.29 is 9.90 Å². The summed E-state index contributed by atoms with van der Waals surface area (Å²) in [5.74, 6) is 0.588. The summed E-state index contributed by atoms with van der Waals surface area (Å²) in [7, 11) is 4.04. The molecule has 2 aromatic rings. The van der Waals surface area contributed by atoms with Crippen LogP contribution in [0.4, 0.5) is 5.69 Å². The Kier molecular flexibility index (Phi) is 5.32. The summed E-state index contributed by atoms with van der Waals surface area (Å²) in [4.78, 5) is 17.3. The summed E-state index contributed by atoms with van der Waals surface area (Å²) >= 11 is 0. The molecule has 2 N–H and O–H groups in total. The third-order valence-electron chi connectivity index (χ3n) is 5.79. The van der Waals surface area contributed by atoms with Crippen molar-refractivity contribution in [2.75, 3.05) is 32.5 Å². The fourth-order valence-corrected chi connectivity index (χ4v) is 4.48. The van der Waals surface area contributed by atoms with Crippen molar-refractivity contribution in [3.05, 3.63) is 36.2 Å². The van der Waals surface area contributed by atoms with E-state index in [1.165, 1.54) is 0 Å². The molecule has 0 aliphatic carbocycles. The first-order valence-electron chi connectivity index (χ1n) is 9.85. The number of aromatic nitrogens is 3. The summed E-state index contributed by atoms with van der Waals surface area (Å²) in [5, 5.41) is 21.1. The Balaban J connectivity index is 1.36. The highest BCUT2D eigenvalue weighted by Crippen LogP contribution is 2.37. The zero-order valence-electron chi connectivity index (χ0n) is 16.5. The minimum Gasteiger partial charge on any atom is -0.508 e. The number of nitrogens with one attached hydrogen (secondary N) is 1. The second-order valence-electron chi connectivity index (χ2n) is 8.25.